The van der Waals surface area contributed by atoms with E-state index in [0.717, 1.165) is 4.88 Å². The molecule has 82 valence electrons. The van der Waals surface area contributed by atoms with Crippen molar-refractivity contribution in [1.82, 2.24) is 9.97 Å². The SMILES string of the molecule is NC(=S)c1ccnc(OCc2cccs2)n1. The van der Waals surface area contributed by atoms with Gasteiger partial charge in [0.2, 0.25) is 0 Å². The van der Waals surface area contributed by atoms with Gasteiger partial charge in [-0.15, -0.1) is 11.3 Å². The molecule has 0 saturated carbocycles. The summed E-state index contributed by atoms with van der Waals surface area (Å²) in [4.78, 5) is 9.41. The molecule has 0 unspecified atom stereocenters. The molecule has 0 amide bonds. The molecule has 0 fully saturated rings. The van der Waals surface area contributed by atoms with E-state index in [2.05, 4.69) is 9.97 Å². The van der Waals surface area contributed by atoms with Crippen LogP contribution in [0.3, 0.4) is 0 Å². The topological polar surface area (TPSA) is 61.0 Å². The van der Waals surface area contributed by atoms with Crippen molar-refractivity contribution >= 4 is 28.5 Å². The first-order valence-electron chi connectivity index (χ1n) is 4.54. The van der Waals surface area contributed by atoms with Crippen LogP contribution in [0.5, 0.6) is 6.01 Å². The molecule has 0 saturated heterocycles. The van der Waals surface area contributed by atoms with Gasteiger partial charge >= 0.3 is 6.01 Å². The largest absolute Gasteiger partial charge is 0.458 e. The number of aromatic nitrogens is 2. The Kier molecular flexibility index (Phi) is 3.43. The van der Waals surface area contributed by atoms with E-state index < -0.39 is 0 Å². The Morgan fingerprint density at radius 1 is 1.50 bits per heavy atom. The van der Waals surface area contributed by atoms with Crippen LogP contribution in [0.4, 0.5) is 0 Å². The van der Waals surface area contributed by atoms with Crippen LogP contribution in [0.1, 0.15) is 10.6 Å². The summed E-state index contributed by atoms with van der Waals surface area (Å²) in [6.45, 7) is 0.457. The van der Waals surface area contributed by atoms with Gasteiger partial charge in [0, 0.05) is 11.1 Å². The third-order valence-corrected chi connectivity index (χ3v) is 2.87. The van der Waals surface area contributed by atoms with E-state index in [0.29, 0.717) is 18.3 Å². The number of hydrogen-bond acceptors (Lipinski definition) is 5. The number of hydrogen-bond donors (Lipinski definition) is 1. The summed E-state index contributed by atoms with van der Waals surface area (Å²) in [5.74, 6) is 0. The van der Waals surface area contributed by atoms with Gasteiger partial charge in [-0.1, -0.05) is 18.3 Å². The number of thiophene rings is 1. The van der Waals surface area contributed by atoms with Gasteiger partial charge in [0.1, 0.15) is 17.3 Å². The van der Waals surface area contributed by atoms with Gasteiger partial charge in [-0.2, -0.15) is 4.98 Å². The van der Waals surface area contributed by atoms with Crippen molar-refractivity contribution in [1.29, 1.82) is 0 Å². The van der Waals surface area contributed by atoms with Crippen LogP contribution in [0.2, 0.25) is 0 Å². The summed E-state index contributed by atoms with van der Waals surface area (Å²) < 4.78 is 5.41. The van der Waals surface area contributed by atoms with Gasteiger partial charge in [0.15, 0.2) is 0 Å². The molecular formula is C10H9N3OS2. The lowest BCUT2D eigenvalue weighted by molar-refractivity contribution is 0.283. The maximum Gasteiger partial charge on any atom is 0.317 e. The lowest BCUT2D eigenvalue weighted by atomic mass is 10.4. The van der Waals surface area contributed by atoms with Crippen LogP contribution in [0.15, 0.2) is 29.8 Å². The van der Waals surface area contributed by atoms with Crippen molar-refractivity contribution < 1.29 is 4.74 Å². The van der Waals surface area contributed by atoms with Crippen LogP contribution in [0, 0.1) is 0 Å². The molecule has 0 aliphatic heterocycles. The Morgan fingerprint density at radius 3 is 3.06 bits per heavy atom. The van der Waals surface area contributed by atoms with Crippen molar-refractivity contribution in [3.8, 4) is 6.01 Å². The fraction of sp³-hybridized carbons (Fsp3) is 0.100. The summed E-state index contributed by atoms with van der Waals surface area (Å²) in [5.41, 5.74) is 5.98. The average Bonchev–Trinajstić information content (AvgIpc) is 2.79. The number of ether oxygens (including phenoxy) is 1. The van der Waals surface area contributed by atoms with Crippen LogP contribution in [-0.4, -0.2) is 15.0 Å². The predicted octanol–water partition coefficient (Wildman–Crippen LogP) is 1.75. The van der Waals surface area contributed by atoms with Crippen LogP contribution in [0.25, 0.3) is 0 Å². The summed E-state index contributed by atoms with van der Waals surface area (Å²) >= 11 is 6.44. The summed E-state index contributed by atoms with van der Waals surface area (Å²) in [6, 6.07) is 5.90. The zero-order valence-electron chi connectivity index (χ0n) is 8.29. The van der Waals surface area contributed by atoms with E-state index in [1.54, 1.807) is 23.6 Å². The first kappa shape index (κ1) is 11.0. The molecule has 2 heterocycles. The smallest absolute Gasteiger partial charge is 0.317 e. The van der Waals surface area contributed by atoms with Crippen molar-refractivity contribution in [2.75, 3.05) is 0 Å². The Hall–Kier alpha value is -1.53. The zero-order valence-corrected chi connectivity index (χ0v) is 9.92. The van der Waals surface area contributed by atoms with Crippen molar-refractivity contribution in [2.45, 2.75) is 6.61 Å². The number of thiocarbonyl (C=S) groups is 1. The highest BCUT2D eigenvalue weighted by Crippen LogP contribution is 2.11. The lowest BCUT2D eigenvalue weighted by Crippen LogP contribution is -2.12. The van der Waals surface area contributed by atoms with Crippen LogP contribution in [-0.2, 0) is 6.61 Å². The first-order chi connectivity index (χ1) is 7.75. The molecule has 0 aliphatic carbocycles. The highest BCUT2D eigenvalue weighted by molar-refractivity contribution is 7.80. The highest BCUT2D eigenvalue weighted by Gasteiger charge is 2.03. The molecule has 0 radical (unpaired) electrons. The lowest BCUT2D eigenvalue weighted by Gasteiger charge is -2.03. The van der Waals surface area contributed by atoms with E-state index in [1.165, 1.54) is 0 Å². The highest BCUT2D eigenvalue weighted by atomic mass is 32.1. The Morgan fingerprint density at radius 2 is 2.38 bits per heavy atom. The van der Waals surface area contributed by atoms with Gasteiger partial charge in [0.05, 0.1) is 0 Å². The first-order valence-corrected chi connectivity index (χ1v) is 5.82. The molecule has 16 heavy (non-hydrogen) atoms. The second-order valence-electron chi connectivity index (χ2n) is 2.96. The number of nitrogens with zero attached hydrogens (tertiary/aromatic N) is 2. The fourth-order valence-corrected chi connectivity index (χ4v) is 1.81. The van der Waals surface area contributed by atoms with Gasteiger partial charge in [-0.05, 0) is 17.5 Å². The van der Waals surface area contributed by atoms with Crippen molar-refractivity contribution in [3.05, 3.63) is 40.3 Å². The summed E-state index contributed by atoms with van der Waals surface area (Å²) in [5, 5.41) is 1.99. The molecular weight excluding hydrogens is 242 g/mol. The Bertz CT molecular complexity index is 485. The maximum absolute atomic E-state index is 5.46. The van der Waals surface area contributed by atoms with E-state index >= 15 is 0 Å². The number of nitrogens with two attached hydrogens (primary N) is 1. The van der Waals surface area contributed by atoms with Crippen molar-refractivity contribution in [3.63, 3.8) is 0 Å². The van der Waals surface area contributed by atoms with E-state index in [4.69, 9.17) is 22.7 Å². The molecule has 0 spiro atoms. The minimum absolute atomic E-state index is 0.239. The molecule has 0 aromatic carbocycles. The minimum Gasteiger partial charge on any atom is -0.458 e. The van der Waals surface area contributed by atoms with E-state index in [-0.39, 0.29) is 4.99 Å². The Labute approximate surface area is 102 Å². The Balaban J connectivity index is 2.04. The van der Waals surface area contributed by atoms with E-state index in [9.17, 15) is 0 Å². The van der Waals surface area contributed by atoms with Gasteiger partial charge < -0.3 is 10.5 Å². The molecule has 2 N–H and O–H groups in total. The summed E-state index contributed by atoms with van der Waals surface area (Å²) in [6.07, 6.45) is 1.57. The molecule has 4 nitrogen and oxygen atoms in total. The van der Waals surface area contributed by atoms with Gasteiger partial charge in [0.25, 0.3) is 0 Å². The third kappa shape index (κ3) is 2.74. The van der Waals surface area contributed by atoms with Crippen LogP contribution < -0.4 is 10.5 Å². The normalized spacial score (nSPS) is 10.0. The monoisotopic (exact) mass is 251 g/mol. The molecule has 6 heteroatoms. The third-order valence-electron chi connectivity index (χ3n) is 1.81. The average molecular weight is 251 g/mol. The van der Waals surface area contributed by atoms with E-state index in [1.807, 2.05) is 17.5 Å². The number of rotatable bonds is 4. The second kappa shape index (κ2) is 5.00. The maximum atomic E-state index is 5.46. The van der Waals surface area contributed by atoms with Crippen LogP contribution >= 0.6 is 23.6 Å². The van der Waals surface area contributed by atoms with Crippen molar-refractivity contribution in [2.24, 2.45) is 5.73 Å². The quantitative estimate of drug-likeness (QED) is 0.839. The molecule has 2 aromatic rings. The molecule has 0 bridgehead atoms. The standard InChI is InChI=1S/C10H9N3OS2/c11-9(15)8-3-4-12-10(13-8)14-6-7-2-1-5-16-7/h1-5H,6H2,(H2,11,15). The van der Waals surface area contributed by atoms with Gasteiger partial charge in [-0.25, -0.2) is 4.98 Å². The predicted molar refractivity (Wildman–Crippen MR) is 66.6 cm³/mol. The summed E-state index contributed by atoms with van der Waals surface area (Å²) in [7, 11) is 0. The second-order valence-corrected chi connectivity index (χ2v) is 4.43. The molecule has 2 rings (SSSR count). The molecule has 0 atom stereocenters. The fourth-order valence-electron chi connectivity index (χ4n) is 1.08. The molecule has 0 aliphatic rings. The zero-order chi connectivity index (χ0) is 11.4. The van der Waals surface area contributed by atoms with Gasteiger partial charge in [-0.3, -0.25) is 0 Å². The molecule has 2 aromatic heterocycles. The minimum atomic E-state index is 0.239.